The van der Waals surface area contributed by atoms with Gasteiger partial charge >= 0.3 is 6.18 Å². The first-order chi connectivity index (χ1) is 12.2. The Morgan fingerprint density at radius 2 is 1.96 bits per heavy atom. The Bertz CT molecular complexity index is 631. The van der Waals surface area contributed by atoms with Crippen molar-refractivity contribution in [3.05, 3.63) is 17.5 Å². The number of piperidine rings is 1. The maximum Gasteiger partial charge on any atom is 0.435 e. The van der Waals surface area contributed by atoms with Crippen molar-refractivity contribution in [2.75, 3.05) is 19.6 Å². The van der Waals surface area contributed by atoms with Crippen molar-refractivity contribution in [2.45, 2.75) is 64.2 Å². The summed E-state index contributed by atoms with van der Waals surface area (Å²) in [6.07, 6.45) is -0.440. The molecule has 1 atom stereocenters. The highest BCUT2D eigenvalue weighted by atomic mass is 19.4. The molecule has 2 heterocycles. The monoisotopic (exact) mass is 372 g/mol. The summed E-state index contributed by atoms with van der Waals surface area (Å²) in [6, 6.07) is 1.04. The molecule has 1 saturated carbocycles. The topological polar surface area (TPSA) is 50.2 Å². The molecule has 146 valence electrons. The van der Waals surface area contributed by atoms with Gasteiger partial charge in [-0.25, -0.2) is 0 Å². The molecular weight excluding hydrogens is 345 g/mol. The second kappa shape index (κ2) is 7.58. The quantitative estimate of drug-likeness (QED) is 0.835. The van der Waals surface area contributed by atoms with E-state index in [0.29, 0.717) is 5.69 Å². The minimum atomic E-state index is -4.48. The third-order valence-corrected chi connectivity index (χ3v) is 5.21. The summed E-state index contributed by atoms with van der Waals surface area (Å²) < 4.78 is 40.0. The molecule has 2 fully saturated rings. The predicted octanol–water partition coefficient (Wildman–Crippen LogP) is 3.02. The molecule has 1 N–H and O–H groups in total. The summed E-state index contributed by atoms with van der Waals surface area (Å²) in [4.78, 5) is 14.6. The van der Waals surface area contributed by atoms with E-state index in [2.05, 4.69) is 22.2 Å². The van der Waals surface area contributed by atoms with Crippen molar-refractivity contribution in [1.82, 2.24) is 20.0 Å². The highest BCUT2D eigenvalue weighted by Crippen LogP contribution is 2.42. The molecule has 0 spiro atoms. The van der Waals surface area contributed by atoms with Gasteiger partial charge in [0.05, 0.1) is 0 Å². The van der Waals surface area contributed by atoms with Gasteiger partial charge in [0.15, 0.2) is 5.69 Å². The molecule has 1 aromatic rings. The van der Waals surface area contributed by atoms with Crippen LogP contribution in [0, 0.1) is 5.92 Å². The maximum absolute atomic E-state index is 12.9. The van der Waals surface area contributed by atoms with E-state index in [-0.39, 0.29) is 24.4 Å². The van der Waals surface area contributed by atoms with Gasteiger partial charge in [0.1, 0.15) is 6.54 Å². The average molecular weight is 372 g/mol. The Balaban J connectivity index is 1.55. The zero-order valence-corrected chi connectivity index (χ0v) is 15.4. The molecule has 1 aliphatic heterocycles. The first-order valence-corrected chi connectivity index (χ1v) is 9.39. The summed E-state index contributed by atoms with van der Waals surface area (Å²) in [7, 11) is 0. The van der Waals surface area contributed by atoms with Crippen LogP contribution in [-0.2, 0) is 17.5 Å². The number of rotatable bonds is 6. The van der Waals surface area contributed by atoms with Crippen LogP contribution in [0.15, 0.2) is 6.07 Å². The Hall–Kier alpha value is -1.57. The summed E-state index contributed by atoms with van der Waals surface area (Å²) in [5, 5.41) is 6.53. The van der Waals surface area contributed by atoms with Crippen LogP contribution >= 0.6 is 0 Å². The number of halogens is 3. The van der Waals surface area contributed by atoms with E-state index in [9.17, 15) is 18.0 Å². The highest BCUT2D eigenvalue weighted by Gasteiger charge is 2.38. The molecule has 26 heavy (non-hydrogen) atoms. The molecule has 1 amide bonds. The normalized spacial score (nSPS) is 21.0. The van der Waals surface area contributed by atoms with Crippen molar-refractivity contribution in [3.63, 3.8) is 0 Å². The minimum absolute atomic E-state index is 0.0436. The molecule has 1 saturated heterocycles. The molecule has 3 rings (SSSR count). The van der Waals surface area contributed by atoms with Gasteiger partial charge in [0, 0.05) is 24.2 Å². The number of carbonyl (C=O) groups excluding carboxylic acids is 1. The number of nitrogens with zero attached hydrogens (tertiary/aromatic N) is 3. The van der Waals surface area contributed by atoms with E-state index in [1.54, 1.807) is 0 Å². The van der Waals surface area contributed by atoms with Gasteiger partial charge in [-0.05, 0) is 57.7 Å². The van der Waals surface area contributed by atoms with E-state index >= 15 is 0 Å². The van der Waals surface area contributed by atoms with Crippen molar-refractivity contribution < 1.29 is 18.0 Å². The van der Waals surface area contributed by atoms with E-state index in [1.807, 2.05) is 6.92 Å². The third kappa shape index (κ3) is 4.99. The first-order valence-electron chi connectivity index (χ1n) is 9.39. The van der Waals surface area contributed by atoms with Crippen molar-refractivity contribution in [2.24, 2.45) is 5.92 Å². The van der Waals surface area contributed by atoms with E-state index in [4.69, 9.17) is 0 Å². The number of carbonyl (C=O) groups is 1. The maximum atomic E-state index is 12.9. The summed E-state index contributed by atoms with van der Waals surface area (Å²) in [6.45, 7) is 6.84. The molecule has 1 aromatic heterocycles. The number of nitrogens with one attached hydrogen (secondary N) is 1. The van der Waals surface area contributed by atoms with Crippen LogP contribution in [0.2, 0.25) is 0 Å². The predicted molar refractivity (Wildman–Crippen MR) is 91.6 cm³/mol. The molecule has 8 heteroatoms. The molecule has 1 aliphatic carbocycles. The fourth-order valence-electron chi connectivity index (χ4n) is 3.54. The van der Waals surface area contributed by atoms with E-state index in [1.165, 1.54) is 17.5 Å². The lowest BCUT2D eigenvalue weighted by Gasteiger charge is -2.32. The summed E-state index contributed by atoms with van der Waals surface area (Å²) >= 11 is 0. The van der Waals surface area contributed by atoms with Crippen LogP contribution in [0.4, 0.5) is 13.2 Å². The second-order valence-electron chi connectivity index (χ2n) is 7.84. The Kier molecular flexibility index (Phi) is 5.60. The van der Waals surface area contributed by atoms with Crippen LogP contribution in [-0.4, -0.2) is 46.3 Å². The molecule has 0 radical (unpaired) electrons. The van der Waals surface area contributed by atoms with Gasteiger partial charge in [-0.1, -0.05) is 6.92 Å². The van der Waals surface area contributed by atoms with Crippen LogP contribution in [0.1, 0.15) is 56.8 Å². The zero-order chi connectivity index (χ0) is 18.9. The van der Waals surface area contributed by atoms with E-state index < -0.39 is 11.9 Å². The third-order valence-electron chi connectivity index (χ3n) is 5.21. The number of likely N-dealkylation sites (tertiary alicyclic amines) is 1. The molecule has 5 nitrogen and oxygen atoms in total. The number of hydrogen-bond donors (Lipinski definition) is 1. The highest BCUT2D eigenvalue weighted by molar-refractivity contribution is 5.76. The SMILES string of the molecule is CC1CCN(CC(C)NC(=O)Cn2nc(C(F)(F)F)cc2C2CC2)CC1. The number of amides is 1. The van der Waals surface area contributed by atoms with Gasteiger partial charge in [0.2, 0.25) is 5.91 Å². The molecule has 1 unspecified atom stereocenters. The van der Waals surface area contributed by atoms with Crippen LogP contribution < -0.4 is 5.32 Å². The van der Waals surface area contributed by atoms with Crippen LogP contribution in [0.3, 0.4) is 0 Å². The van der Waals surface area contributed by atoms with Crippen molar-refractivity contribution >= 4 is 5.91 Å². The summed E-state index contributed by atoms with van der Waals surface area (Å²) in [5.74, 6) is 0.556. The fraction of sp³-hybridized carbons (Fsp3) is 0.778. The molecule has 2 aliphatic rings. The Morgan fingerprint density at radius 3 is 2.54 bits per heavy atom. The van der Waals surface area contributed by atoms with Gasteiger partial charge in [-0.3, -0.25) is 9.48 Å². The molecular formula is C18H27F3N4O. The Labute approximate surface area is 151 Å². The van der Waals surface area contributed by atoms with Gasteiger partial charge < -0.3 is 10.2 Å². The molecule has 0 aromatic carbocycles. The number of alkyl halides is 3. The first kappa shape index (κ1) is 19.2. The fourth-order valence-corrected chi connectivity index (χ4v) is 3.54. The van der Waals surface area contributed by atoms with Crippen molar-refractivity contribution in [3.8, 4) is 0 Å². The molecule has 0 bridgehead atoms. The zero-order valence-electron chi connectivity index (χ0n) is 15.4. The number of aromatic nitrogens is 2. The van der Waals surface area contributed by atoms with Crippen LogP contribution in [0.25, 0.3) is 0 Å². The van der Waals surface area contributed by atoms with Gasteiger partial charge in [-0.15, -0.1) is 0 Å². The van der Waals surface area contributed by atoms with Gasteiger partial charge in [0.25, 0.3) is 0 Å². The second-order valence-corrected chi connectivity index (χ2v) is 7.84. The van der Waals surface area contributed by atoms with Crippen molar-refractivity contribution in [1.29, 1.82) is 0 Å². The van der Waals surface area contributed by atoms with Gasteiger partial charge in [-0.2, -0.15) is 18.3 Å². The lowest BCUT2D eigenvalue weighted by Crippen LogP contribution is -2.45. The lowest BCUT2D eigenvalue weighted by atomic mass is 9.99. The summed E-state index contributed by atoms with van der Waals surface area (Å²) in [5.41, 5.74) is -0.396. The Morgan fingerprint density at radius 1 is 1.31 bits per heavy atom. The number of hydrogen-bond acceptors (Lipinski definition) is 3. The van der Waals surface area contributed by atoms with Crippen LogP contribution in [0.5, 0.6) is 0 Å². The largest absolute Gasteiger partial charge is 0.435 e. The minimum Gasteiger partial charge on any atom is -0.351 e. The average Bonchev–Trinajstić information content (AvgIpc) is 3.29. The lowest BCUT2D eigenvalue weighted by molar-refractivity contribution is -0.141. The van der Waals surface area contributed by atoms with E-state index in [0.717, 1.165) is 44.5 Å². The standard InChI is InChI=1S/C18H27F3N4O/c1-12-5-7-24(8-6-12)10-13(2)22-17(26)11-25-15(14-3-4-14)9-16(23-25)18(19,20)21/h9,12-14H,3-8,10-11H2,1-2H3,(H,22,26). The smallest absolute Gasteiger partial charge is 0.351 e.